The quantitative estimate of drug-likeness (QED) is 0.619. The van der Waals surface area contributed by atoms with Crippen molar-refractivity contribution < 1.29 is 22.8 Å². The Hall–Kier alpha value is -3.30. The normalized spacial score (nSPS) is 10.2. The van der Waals surface area contributed by atoms with Crippen molar-refractivity contribution in [2.45, 2.75) is 6.92 Å². The molecule has 2 rings (SSSR count). The van der Waals surface area contributed by atoms with Gasteiger partial charge in [-0.15, -0.1) is 0 Å². The number of hydrogen-bond donors (Lipinski definition) is 4. The van der Waals surface area contributed by atoms with Gasteiger partial charge >= 0.3 is 6.03 Å². The van der Waals surface area contributed by atoms with Gasteiger partial charge in [0.2, 0.25) is 0 Å². The third-order valence-electron chi connectivity index (χ3n) is 3.01. The van der Waals surface area contributed by atoms with Crippen LogP contribution in [-0.2, 0) is 0 Å². The Morgan fingerprint density at radius 1 is 1.16 bits per heavy atom. The summed E-state index contributed by atoms with van der Waals surface area (Å²) >= 11 is 0. The molecule has 0 unspecified atom stereocenters. The molecule has 0 saturated heterocycles. The first-order valence-electron chi connectivity index (χ1n) is 7.08. The minimum atomic E-state index is -1.62. The van der Waals surface area contributed by atoms with Crippen molar-refractivity contribution in [1.29, 1.82) is 0 Å². The van der Waals surface area contributed by atoms with Crippen molar-refractivity contribution in [3.63, 3.8) is 0 Å². The molecule has 132 valence electrons. The lowest BCUT2D eigenvalue weighted by atomic mass is 10.2. The summed E-state index contributed by atoms with van der Waals surface area (Å²) in [5.41, 5.74) is 5.00. The average molecular weight is 353 g/mol. The molecule has 1 aromatic heterocycles. The minimum absolute atomic E-state index is 0.0275. The molecular weight excluding hydrogens is 339 g/mol. The Morgan fingerprint density at radius 3 is 2.36 bits per heavy atom. The molecule has 25 heavy (non-hydrogen) atoms. The van der Waals surface area contributed by atoms with Gasteiger partial charge in [0, 0.05) is 36.6 Å². The molecule has 1 aromatic carbocycles. The van der Waals surface area contributed by atoms with Crippen LogP contribution in [0.2, 0.25) is 0 Å². The zero-order chi connectivity index (χ0) is 18.6. The summed E-state index contributed by atoms with van der Waals surface area (Å²) in [5, 5.41) is 7.43. The molecule has 3 amide bonds. The number of aromatic nitrogens is 1. The lowest BCUT2D eigenvalue weighted by Crippen LogP contribution is -2.28. The number of hydrogen-bond acceptors (Lipinski definition) is 4. The van der Waals surface area contributed by atoms with Crippen LogP contribution in [0, 0.1) is 17.5 Å². The van der Waals surface area contributed by atoms with Gasteiger partial charge in [-0.1, -0.05) is 0 Å². The monoisotopic (exact) mass is 353 g/mol. The average Bonchev–Trinajstić information content (AvgIpc) is 2.52. The van der Waals surface area contributed by atoms with E-state index >= 15 is 0 Å². The summed E-state index contributed by atoms with van der Waals surface area (Å²) in [6.45, 7) is 2.10. The lowest BCUT2D eigenvalue weighted by Gasteiger charge is -2.13. The van der Waals surface area contributed by atoms with Gasteiger partial charge < -0.3 is 16.4 Å². The smallest absolute Gasteiger partial charge is 0.320 e. The Bertz CT molecular complexity index is 806. The summed E-state index contributed by atoms with van der Waals surface area (Å²) in [6, 6.07) is 2.13. The zero-order valence-corrected chi connectivity index (χ0v) is 13.0. The lowest BCUT2D eigenvalue weighted by molar-refractivity contribution is 0.100. The number of amides is 3. The second kappa shape index (κ2) is 7.51. The molecule has 0 aliphatic heterocycles. The van der Waals surface area contributed by atoms with Crippen molar-refractivity contribution in [1.82, 2.24) is 10.3 Å². The van der Waals surface area contributed by atoms with Crippen molar-refractivity contribution in [3.8, 4) is 0 Å². The van der Waals surface area contributed by atoms with E-state index in [9.17, 15) is 22.8 Å². The van der Waals surface area contributed by atoms with E-state index in [4.69, 9.17) is 5.73 Å². The second-order valence-corrected chi connectivity index (χ2v) is 4.84. The van der Waals surface area contributed by atoms with E-state index in [1.54, 1.807) is 6.92 Å². The number of urea groups is 1. The highest BCUT2D eigenvalue weighted by Crippen LogP contribution is 2.25. The van der Waals surface area contributed by atoms with E-state index in [1.165, 1.54) is 6.07 Å². The first kappa shape index (κ1) is 18.0. The highest BCUT2D eigenvalue weighted by molar-refractivity contribution is 6.00. The van der Waals surface area contributed by atoms with E-state index in [0.29, 0.717) is 18.7 Å². The Morgan fingerprint density at radius 2 is 1.80 bits per heavy atom. The third-order valence-corrected chi connectivity index (χ3v) is 3.01. The number of pyridine rings is 1. The van der Waals surface area contributed by atoms with Gasteiger partial charge in [-0.05, 0) is 6.92 Å². The summed E-state index contributed by atoms with van der Waals surface area (Å²) < 4.78 is 39.6. The summed E-state index contributed by atoms with van der Waals surface area (Å²) in [6.07, 6.45) is 1.09. The molecule has 0 radical (unpaired) electrons. The Balaban J connectivity index is 2.36. The predicted octanol–water partition coefficient (Wildman–Crippen LogP) is 2.48. The fourth-order valence-electron chi connectivity index (χ4n) is 1.93. The van der Waals surface area contributed by atoms with Gasteiger partial charge in [0.25, 0.3) is 5.91 Å². The molecule has 7 nitrogen and oxygen atoms in total. The number of primary amides is 1. The summed E-state index contributed by atoms with van der Waals surface area (Å²) in [5.74, 6) is -5.23. The molecule has 0 fully saturated rings. The molecule has 10 heteroatoms. The highest BCUT2D eigenvalue weighted by Gasteiger charge is 2.15. The predicted molar refractivity (Wildman–Crippen MR) is 85.0 cm³/mol. The molecule has 0 bridgehead atoms. The Kier molecular flexibility index (Phi) is 5.42. The van der Waals surface area contributed by atoms with Gasteiger partial charge in [-0.2, -0.15) is 0 Å². The van der Waals surface area contributed by atoms with Crippen molar-refractivity contribution in [2.75, 3.05) is 17.2 Å². The highest BCUT2D eigenvalue weighted by atomic mass is 19.2. The number of halogens is 3. The molecular formula is C15H14F3N5O2. The summed E-state index contributed by atoms with van der Waals surface area (Å²) in [7, 11) is 0. The fourth-order valence-corrected chi connectivity index (χ4v) is 1.93. The van der Waals surface area contributed by atoms with Crippen LogP contribution in [0.3, 0.4) is 0 Å². The number of benzene rings is 1. The molecule has 0 aliphatic carbocycles. The number of carbonyl (C=O) groups is 2. The van der Waals surface area contributed by atoms with Crippen molar-refractivity contribution >= 4 is 29.1 Å². The van der Waals surface area contributed by atoms with E-state index in [2.05, 4.69) is 20.9 Å². The van der Waals surface area contributed by atoms with Gasteiger partial charge in [-0.3, -0.25) is 10.1 Å². The topological polar surface area (TPSA) is 109 Å². The van der Waals surface area contributed by atoms with Crippen molar-refractivity contribution in [3.05, 3.63) is 47.4 Å². The maximum absolute atomic E-state index is 13.3. The molecule has 0 atom stereocenters. The van der Waals surface area contributed by atoms with Crippen LogP contribution in [0.25, 0.3) is 0 Å². The standard InChI is InChI=1S/C15H14F3N5O2/c1-2-20-15(25)23-12-5-11(8(6-21-12)14(19)24)22-7-3-9(16)13(18)10(17)4-7/h3-6H,2H2,1H3,(H2,19,24)(H3,20,21,22,23,25). The van der Waals surface area contributed by atoms with Gasteiger partial charge in [0.15, 0.2) is 17.5 Å². The molecule has 1 heterocycles. The number of nitrogens with zero attached hydrogens (tertiary/aromatic N) is 1. The van der Waals surface area contributed by atoms with Gasteiger partial charge in [0.1, 0.15) is 5.82 Å². The van der Waals surface area contributed by atoms with E-state index in [1.807, 2.05) is 0 Å². The van der Waals surface area contributed by atoms with Gasteiger partial charge in [-0.25, -0.2) is 22.9 Å². The largest absolute Gasteiger partial charge is 0.365 e. The Labute approximate surface area is 140 Å². The van der Waals surface area contributed by atoms with E-state index in [-0.39, 0.29) is 22.8 Å². The zero-order valence-electron chi connectivity index (χ0n) is 13.0. The SMILES string of the molecule is CCNC(=O)Nc1cc(Nc2cc(F)c(F)c(F)c2)c(C(N)=O)cn1. The molecule has 0 spiro atoms. The van der Waals surface area contributed by atoms with Crippen LogP contribution >= 0.6 is 0 Å². The molecule has 2 aromatic rings. The van der Waals surface area contributed by atoms with Crippen LogP contribution < -0.4 is 21.7 Å². The molecule has 5 N–H and O–H groups in total. The van der Waals surface area contributed by atoms with Crippen LogP contribution in [0.4, 0.5) is 35.2 Å². The van der Waals surface area contributed by atoms with E-state index < -0.39 is 29.4 Å². The first-order chi connectivity index (χ1) is 11.8. The van der Waals surface area contributed by atoms with Gasteiger partial charge in [0.05, 0.1) is 11.3 Å². The van der Waals surface area contributed by atoms with Crippen LogP contribution in [0.15, 0.2) is 24.4 Å². The third kappa shape index (κ3) is 4.37. The van der Waals surface area contributed by atoms with Crippen LogP contribution in [0.1, 0.15) is 17.3 Å². The molecule has 0 aliphatic rings. The first-order valence-corrected chi connectivity index (χ1v) is 7.08. The molecule has 0 saturated carbocycles. The fraction of sp³-hybridized carbons (Fsp3) is 0.133. The maximum Gasteiger partial charge on any atom is 0.320 e. The minimum Gasteiger partial charge on any atom is -0.365 e. The maximum atomic E-state index is 13.3. The number of rotatable bonds is 5. The number of anilines is 3. The van der Waals surface area contributed by atoms with Crippen LogP contribution in [0.5, 0.6) is 0 Å². The number of nitrogens with two attached hydrogens (primary N) is 1. The number of carbonyl (C=O) groups excluding carboxylic acids is 2. The second-order valence-electron chi connectivity index (χ2n) is 4.84. The summed E-state index contributed by atoms with van der Waals surface area (Å²) in [4.78, 5) is 26.8. The van der Waals surface area contributed by atoms with E-state index in [0.717, 1.165) is 6.20 Å². The van der Waals surface area contributed by atoms with Crippen LogP contribution in [-0.4, -0.2) is 23.5 Å². The number of nitrogens with one attached hydrogen (secondary N) is 3. The van der Waals surface area contributed by atoms with Crippen molar-refractivity contribution in [2.24, 2.45) is 5.73 Å².